The first kappa shape index (κ1) is 14.5. The molecule has 98 valence electrons. The van der Waals surface area contributed by atoms with Crippen molar-refractivity contribution < 1.29 is 13.2 Å². The maximum atomic E-state index is 11.1. The molecule has 0 spiro atoms. The van der Waals surface area contributed by atoms with Gasteiger partial charge in [0, 0.05) is 6.42 Å². The van der Waals surface area contributed by atoms with Crippen LogP contribution in [0.4, 0.5) is 0 Å². The number of primary sulfonamides is 1. The molecule has 0 aliphatic heterocycles. The lowest BCUT2D eigenvalue weighted by Crippen LogP contribution is -2.12. The van der Waals surface area contributed by atoms with Crippen LogP contribution < -0.4 is 9.88 Å². The monoisotopic (exact) mass is 268 g/mol. The summed E-state index contributed by atoms with van der Waals surface area (Å²) < 4.78 is 27.8. The van der Waals surface area contributed by atoms with Crippen molar-refractivity contribution in [3.8, 4) is 11.8 Å². The van der Waals surface area contributed by atoms with E-state index in [9.17, 15) is 8.42 Å². The lowest BCUT2D eigenvalue weighted by molar-refractivity contribution is 0.305. The summed E-state index contributed by atoms with van der Waals surface area (Å²) in [5.74, 6) is 0.638. The van der Waals surface area contributed by atoms with Crippen LogP contribution in [-0.2, 0) is 10.0 Å². The maximum Gasteiger partial charge on any atom is 0.238 e. The molecule has 2 N–H and O–H groups in total. The maximum absolute atomic E-state index is 11.1. The van der Waals surface area contributed by atoms with Crippen LogP contribution in [0, 0.1) is 18.3 Å². The molecule has 0 aliphatic rings. The first-order chi connectivity index (χ1) is 8.45. The number of nitriles is 1. The average Bonchev–Trinajstić information content (AvgIpc) is 2.29. The van der Waals surface area contributed by atoms with Crippen LogP contribution >= 0.6 is 0 Å². The molecule has 0 unspecified atom stereocenters. The fraction of sp³-hybridized carbons (Fsp3) is 0.417. The molecule has 0 heterocycles. The van der Waals surface area contributed by atoms with Gasteiger partial charge in [0.05, 0.1) is 17.6 Å². The first-order valence-corrected chi connectivity index (χ1v) is 7.13. The highest BCUT2D eigenvalue weighted by Gasteiger charge is 2.09. The lowest BCUT2D eigenvalue weighted by atomic mass is 10.2. The van der Waals surface area contributed by atoms with Gasteiger partial charge in [-0.25, -0.2) is 13.6 Å². The Bertz CT molecular complexity index is 547. The van der Waals surface area contributed by atoms with Crippen molar-refractivity contribution in [1.82, 2.24) is 0 Å². The van der Waals surface area contributed by atoms with Crippen molar-refractivity contribution in [2.24, 2.45) is 5.14 Å². The molecule has 1 aromatic carbocycles. The van der Waals surface area contributed by atoms with Crippen LogP contribution in [0.25, 0.3) is 0 Å². The summed E-state index contributed by atoms with van der Waals surface area (Å²) in [6.45, 7) is 2.27. The van der Waals surface area contributed by atoms with E-state index in [4.69, 9.17) is 15.1 Å². The minimum absolute atomic E-state index is 0.0804. The summed E-state index contributed by atoms with van der Waals surface area (Å²) in [5.41, 5.74) is 0.724. The van der Waals surface area contributed by atoms with Crippen LogP contribution in [0.2, 0.25) is 0 Å². The normalized spacial score (nSPS) is 10.9. The number of nitrogens with two attached hydrogens (primary N) is 1. The Kier molecular flexibility index (Phi) is 5.13. The van der Waals surface area contributed by atoms with Gasteiger partial charge in [0.25, 0.3) is 0 Å². The molecule has 0 aromatic heterocycles. The number of sulfonamides is 1. The van der Waals surface area contributed by atoms with Crippen molar-refractivity contribution in [3.63, 3.8) is 0 Å². The topological polar surface area (TPSA) is 93.2 Å². The molecule has 0 amide bonds. The Balaban J connectivity index is 2.61. The van der Waals surface area contributed by atoms with Crippen LogP contribution in [0.15, 0.2) is 23.1 Å². The molecule has 5 nitrogen and oxygen atoms in total. The summed E-state index contributed by atoms with van der Waals surface area (Å²) in [6, 6.07) is 6.57. The minimum atomic E-state index is -3.67. The second-order valence-corrected chi connectivity index (χ2v) is 5.50. The van der Waals surface area contributed by atoms with E-state index in [1.54, 1.807) is 13.0 Å². The predicted octanol–water partition coefficient (Wildman–Crippen LogP) is 1.72. The Morgan fingerprint density at radius 3 is 2.67 bits per heavy atom. The number of rotatable bonds is 6. The van der Waals surface area contributed by atoms with Gasteiger partial charge in [-0.3, -0.25) is 0 Å². The quantitative estimate of drug-likeness (QED) is 0.795. The van der Waals surface area contributed by atoms with Crippen molar-refractivity contribution in [2.75, 3.05) is 6.61 Å². The van der Waals surface area contributed by atoms with Crippen LogP contribution in [-0.4, -0.2) is 15.0 Å². The second-order valence-electron chi connectivity index (χ2n) is 3.94. The average molecular weight is 268 g/mol. The fourth-order valence-corrected chi connectivity index (χ4v) is 2.05. The predicted molar refractivity (Wildman–Crippen MR) is 67.5 cm³/mol. The molecule has 0 aliphatic carbocycles. The van der Waals surface area contributed by atoms with Gasteiger partial charge in [-0.05, 0) is 43.5 Å². The number of hydrogen-bond acceptors (Lipinski definition) is 4. The summed E-state index contributed by atoms with van der Waals surface area (Å²) in [4.78, 5) is 0.0804. The Morgan fingerprint density at radius 2 is 2.11 bits per heavy atom. The van der Waals surface area contributed by atoms with Gasteiger partial charge in [-0.2, -0.15) is 5.26 Å². The van der Waals surface area contributed by atoms with E-state index in [-0.39, 0.29) is 4.90 Å². The first-order valence-electron chi connectivity index (χ1n) is 5.58. The van der Waals surface area contributed by atoms with Gasteiger partial charge in [-0.1, -0.05) is 0 Å². The third kappa shape index (κ3) is 4.35. The Hall–Kier alpha value is -1.58. The number of unbranched alkanes of at least 4 members (excludes halogenated alkanes) is 2. The molecule has 0 radical (unpaired) electrons. The summed E-state index contributed by atoms with van der Waals surface area (Å²) in [7, 11) is -3.67. The zero-order valence-corrected chi connectivity index (χ0v) is 11.0. The molecule has 18 heavy (non-hydrogen) atoms. The second kappa shape index (κ2) is 6.38. The number of aryl methyl sites for hydroxylation is 1. The molecular formula is C12H16N2O3S. The number of benzene rings is 1. The molecule has 0 fully saturated rings. The number of ether oxygens (including phenoxy) is 1. The van der Waals surface area contributed by atoms with E-state index in [0.29, 0.717) is 18.8 Å². The van der Waals surface area contributed by atoms with E-state index in [1.165, 1.54) is 12.1 Å². The Morgan fingerprint density at radius 1 is 1.39 bits per heavy atom. The summed E-state index contributed by atoms with van der Waals surface area (Å²) in [5, 5.41) is 13.4. The van der Waals surface area contributed by atoms with Gasteiger partial charge in [0.15, 0.2) is 0 Å². The summed E-state index contributed by atoms with van der Waals surface area (Å²) in [6.07, 6.45) is 2.11. The van der Waals surface area contributed by atoms with E-state index in [0.717, 1.165) is 18.4 Å². The van der Waals surface area contributed by atoms with Crippen molar-refractivity contribution in [1.29, 1.82) is 5.26 Å². The third-order valence-electron chi connectivity index (χ3n) is 2.42. The molecule has 0 saturated carbocycles. The lowest BCUT2D eigenvalue weighted by Gasteiger charge is -2.09. The molecule has 6 heteroatoms. The van der Waals surface area contributed by atoms with E-state index in [1.807, 2.05) is 0 Å². The van der Waals surface area contributed by atoms with Crippen LogP contribution in [0.5, 0.6) is 5.75 Å². The smallest absolute Gasteiger partial charge is 0.238 e. The fourth-order valence-electron chi connectivity index (χ4n) is 1.45. The van der Waals surface area contributed by atoms with Crippen LogP contribution in [0.3, 0.4) is 0 Å². The number of nitrogens with zero attached hydrogens (tertiary/aromatic N) is 1. The zero-order chi connectivity index (χ0) is 13.6. The highest BCUT2D eigenvalue weighted by Crippen LogP contribution is 2.21. The minimum Gasteiger partial charge on any atom is -0.493 e. The van der Waals surface area contributed by atoms with E-state index in [2.05, 4.69) is 6.07 Å². The van der Waals surface area contributed by atoms with Gasteiger partial charge >= 0.3 is 0 Å². The third-order valence-corrected chi connectivity index (χ3v) is 3.33. The zero-order valence-electron chi connectivity index (χ0n) is 10.2. The molecule has 0 saturated heterocycles. The standard InChI is InChI=1S/C12H16N2O3S/c1-10-9-11(18(14,15)16)5-6-12(10)17-8-4-2-3-7-13/h5-6,9H,2-4,8H2,1H3,(H2,14,15,16). The molecule has 0 bridgehead atoms. The molecule has 1 aromatic rings. The molecule has 1 rings (SSSR count). The Labute approximate surface area is 107 Å². The van der Waals surface area contributed by atoms with Gasteiger partial charge in [0.1, 0.15) is 5.75 Å². The van der Waals surface area contributed by atoms with Crippen LogP contribution in [0.1, 0.15) is 24.8 Å². The van der Waals surface area contributed by atoms with E-state index >= 15 is 0 Å². The highest BCUT2D eigenvalue weighted by atomic mass is 32.2. The van der Waals surface area contributed by atoms with E-state index < -0.39 is 10.0 Å². The largest absolute Gasteiger partial charge is 0.493 e. The number of hydrogen-bond donors (Lipinski definition) is 1. The SMILES string of the molecule is Cc1cc(S(N)(=O)=O)ccc1OCCCCC#N. The van der Waals surface area contributed by atoms with Gasteiger partial charge in [-0.15, -0.1) is 0 Å². The van der Waals surface area contributed by atoms with Crippen molar-refractivity contribution >= 4 is 10.0 Å². The highest BCUT2D eigenvalue weighted by molar-refractivity contribution is 7.89. The van der Waals surface area contributed by atoms with Gasteiger partial charge in [0.2, 0.25) is 10.0 Å². The van der Waals surface area contributed by atoms with Gasteiger partial charge < -0.3 is 4.74 Å². The molecular weight excluding hydrogens is 252 g/mol. The van der Waals surface area contributed by atoms with Crippen molar-refractivity contribution in [2.45, 2.75) is 31.1 Å². The molecule has 0 atom stereocenters. The van der Waals surface area contributed by atoms with Crippen molar-refractivity contribution in [3.05, 3.63) is 23.8 Å². The summed E-state index contributed by atoms with van der Waals surface area (Å²) >= 11 is 0.